The van der Waals surface area contributed by atoms with Crippen LogP contribution in [0.2, 0.25) is 0 Å². The topological polar surface area (TPSA) is 89.2 Å². The Labute approximate surface area is 292 Å². The fraction of sp³-hybridized carbons (Fsp3) is 0.293. The molecule has 0 bridgehead atoms. The van der Waals surface area contributed by atoms with Gasteiger partial charge in [-0.05, 0) is 63.3 Å². The third-order valence-corrected chi connectivity index (χ3v) is 10.2. The molecule has 1 saturated heterocycles. The maximum absolute atomic E-state index is 15.1. The average Bonchev–Trinajstić information content (AvgIpc) is 3.68. The summed E-state index contributed by atoms with van der Waals surface area (Å²) in [5.74, 6) is 0.233. The number of aryl methyl sites for hydroxylation is 3. The molecule has 6 aromatic rings. The first kappa shape index (κ1) is 31.7. The van der Waals surface area contributed by atoms with Crippen LogP contribution in [0.4, 0.5) is 5.69 Å². The van der Waals surface area contributed by atoms with Crippen LogP contribution in [0.25, 0.3) is 28.0 Å². The highest BCUT2D eigenvalue weighted by atomic mass is 16.2. The number of amides is 2. The summed E-state index contributed by atoms with van der Waals surface area (Å²) in [6.07, 6.45) is 4.10. The number of likely N-dealkylation sites (tertiary alicyclic amines) is 1. The van der Waals surface area contributed by atoms with Gasteiger partial charge in [-0.2, -0.15) is 5.10 Å². The number of rotatable bonds is 7. The average molecular weight is 664 g/mol. The third-order valence-electron chi connectivity index (χ3n) is 10.2. The molecule has 4 aromatic carbocycles. The van der Waals surface area contributed by atoms with Gasteiger partial charge in [0.15, 0.2) is 11.6 Å². The quantitative estimate of drug-likeness (QED) is 0.189. The molecule has 4 heterocycles. The van der Waals surface area contributed by atoms with E-state index in [1.54, 1.807) is 4.90 Å². The van der Waals surface area contributed by atoms with E-state index < -0.39 is 5.92 Å². The van der Waals surface area contributed by atoms with Gasteiger partial charge in [-0.3, -0.25) is 18.8 Å². The van der Waals surface area contributed by atoms with Gasteiger partial charge in [-0.1, -0.05) is 90.0 Å². The molecule has 0 aliphatic carbocycles. The number of piperidine rings is 1. The van der Waals surface area contributed by atoms with Crippen LogP contribution in [-0.2, 0) is 29.5 Å². The van der Waals surface area contributed by atoms with E-state index in [1.807, 2.05) is 100 Å². The number of hydrogen-bond donors (Lipinski definition) is 0. The first-order chi connectivity index (χ1) is 24.4. The number of anilines is 1. The SMILES string of the molecule is Cc1cc(C)cc(C[C@H]2CCCCN2C(=O)CN2C(=O)C(Cc3nn(C)c4ccccc34)c3nnc(-c4ccccc4)n3-c3ccccc32)c1. The van der Waals surface area contributed by atoms with E-state index in [0.29, 0.717) is 30.3 Å². The molecule has 252 valence electrons. The van der Waals surface area contributed by atoms with Gasteiger partial charge in [0.05, 0.1) is 22.6 Å². The third kappa shape index (κ3) is 5.76. The van der Waals surface area contributed by atoms with Crippen LogP contribution in [0.3, 0.4) is 0 Å². The van der Waals surface area contributed by atoms with Crippen molar-refractivity contribution in [1.82, 2.24) is 29.4 Å². The van der Waals surface area contributed by atoms with Crippen molar-refractivity contribution in [3.05, 3.63) is 125 Å². The Morgan fingerprint density at radius 1 is 0.820 bits per heavy atom. The summed E-state index contributed by atoms with van der Waals surface area (Å²) in [6, 6.07) is 32.5. The van der Waals surface area contributed by atoms with Gasteiger partial charge >= 0.3 is 0 Å². The van der Waals surface area contributed by atoms with E-state index in [9.17, 15) is 4.79 Å². The lowest BCUT2D eigenvalue weighted by Crippen LogP contribution is -2.50. The summed E-state index contributed by atoms with van der Waals surface area (Å²) >= 11 is 0. The Kier molecular flexibility index (Phi) is 8.26. The molecule has 2 amide bonds. The lowest BCUT2D eigenvalue weighted by Gasteiger charge is -2.37. The second kappa shape index (κ2) is 13.0. The lowest BCUT2D eigenvalue weighted by atomic mass is 9.94. The van der Waals surface area contributed by atoms with E-state index in [2.05, 4.69) is 37.1 Å². The summed E-state index contributed by atoms with van der Waals surface area (Å²) in [5.41, 5.74) is 7.83. The molecule has 0 spiro atoms. The number of nitrogens with zero attached hydrogens (tertiary/aromatic N) is 7. The first-order valence-corrected chi connectivity index (χ1v) is 17.5. The molecular weight excluding hydrogens is 622 g/mol. The van der Waals surface area contributed by atoms with Crippen LogP contribution >= 0.6 is 0 Å². The Balaban J connectivity index is 1.20. The van der Waals surface area contributed by atoms with Gasteiger partial charge in [-0.25, -0.2) is 0 Å². The fourth-order valence-corrected chi connectivity index (χ4v) is 8.03. The number of carbonyl (C=O) groups is 2. The fourth-order valence-electron chi connectivity index (χ4n) is 8.03. The van der Waals surface area contributed by atoms with Crippen molar-refractivity contribution in [3.63, 3.8) is 0 Å². The normalized spacial score (nSPS) is 17.5. The second-order valence-electron chi connectivity index (χ2n) is 13.8. The number of para-hydroxylation sites is 3. The van der Waals surface area contributed by atoms with Crippen LogP contribution in [-0.4, -0.2) is 60.4 Å². The smallest absolute Gasteiger partial charge is 0.242 e. The van der Waals surface area contributed by atoms with Crippen molar-refractivity contribution in [2.24, 2.45) is 7.05 Å². The highest BCUT2D eigenvalue weighted by Crippen LogP contribution is 2.39. The van der Waals surface area contributed by atoms with Crippen LogP contribution in [0, 0.1) is 13.8 Å². The number of benzene rings is 4. The van der Waals surface area contributed by atoms with E-state index in [1.165, 1.54) is 16.7 Å². The minimum atomic E-state index is -0.731. The minimum Gasteiger partial charge on any atom is -0.338 e. The molecule has 9 heteroatoms. The molecule has 2 atom stereocenters. The van der Waals surface area contributed by atoms with Crippen LogP contribution in [0.15, 0.2) is 97.1 Å². The van der Waals surface area contributed by atoms with E-state index >= 15 is 4.79 Å². The van der Waals surface area contributed by atoms with Crippen molar-refractivity contribution < 1.29 is 9.59 Å². The first-order valence-electron chi connectivity index (χ1n) is 17.5. The van der Waals surface area contributed by atoms with Gasteiger partial charge in [0.1, 0.15) is 12.5 Å². The molecule has 2 aliphatic rings. The van der Waals surface area contributed by atoms with Crippen molar-refractivity contribution in [2.75, 3.05) is 18.0 Å². The van der Waals surface area contributed by atoms with Crippen molar-refractivity contribution in [1.29, 1.82) is 0 Å². The van der Waals surface area contributed by atoms with Crippen LogP contribution in [0.1, 0.15) is 53.4 Å². The van der Waals surface area contributed by atoms with Gasteiger partial charge in [0.2, 0.25) is 11.8 Å². The second-order valence-corrected chi connectivity index (χ2v) is 13.8. The zero-order valence-corrected chi connectivity index (χ0v) is 28.8. The Morgan fingerprint density at radius 2 is 1.54 bits per heavy atom. The molecule has 50 heavy (non-hydrogen) atoms. The monoisotopic (exact) mass is 663 g/mol. The molecule has 2 aliphatic heterocycles. The largest absolute Gasteiger partial charge is 0.338 e. The van der Waals surface area contributed by atoms with Gasteiger partial charge in [0, 0.05) is 37.0 Å². The van der Waals surface area contributed by atoms with Gasteiger partial charge < -0.3 is 9.80 Å². The standard InChI is InChI=1S/C41H41N7O2/c1-27-21-28(2)23-29(22-27)24-31-15-11-12-20-46(31)38(49)26-47-36-18-9-10-19-37(36)48-39(30-13-5-4-6-14-30)42-43-40(48)33(41(47)50)25-34-32-16-7-8-17-35(32)45(3)44-34/h4-10,13-14,16-19,21-23,31,33H,11-12,15,20,24-26H2,1-3H3/t31-,33?/m1/s1. The maximum atomic E-state index is 15.1. The molecule has 2 aromatic heterocycles. The zero-order valence-electron chi connectivity index (χ0n) is 28.8. The Bertz CT molecular complexity index is 2200. The van der Waals surface area contributed by atoms with Crippen molar-refractivity contribution in [3.8, 4) is 17.1 Å². The highest BCUT2D eigenvalue weighted by Gasteiger charge is 2.40. The molecule has 1 unspecified atom stereocenters. The molecule has 0 N–H and O–H groups in total. The summed E-state index contributed by atoms with van der Waals surface area (Å²) in [6.45, 7) is 4.87. The molecule has 1 fully saturated rings. The van der Waals surface area contributed by atoms with E-state index in [4.69, 9.17) is 10.2 Å². The predicted octanol–water partition coefficient (Wildman–Crippen LogP) is 6.73. The van der Waals surface area contributed by atoms with Crippen LogP contribution < -0.4 is 4.90 Å². The molecule has 0 saturated carbocycles. The number of aromatic nitrogens is 5. The molecule has 0 radical (unpaired) electrons. The lowest BCUT2D eigenvalue weighted by molar-refractivity contribution is -0.134. The molecule has 9 nitrogen and oxygen atoms in total. The van der Waals surface area contributed by atoms with Gasteiger partial charge in [-0.15, -0.1) is 10.2 Å². The highest BCUT2D eigenvalue weighted by molar-refractivity contribution is 6.05. The Hall–Kier alpha value is -5.57. The molecular formula is C41H41N7O2. The number of carbonyl (C=O) groups excluding carboxylic acids is 2. The number of hydrogen-bond acceptors (Lipinski definition) is 5. The van der Waals surface area contributed by atoms with E-state index in [0.717, 1.165) is 53.5 Å². The van der Waals surface area contributed by atoms with Crippen molar-refractivity contribution >= 4 is 28.4 Å². The zero-order chi connectivity index (χ0) is 34.4. The minimum absolute atomic E-state index is 0.0368. The van der Waals surface area contributed by atoms with Crippen LogP contribution in [0.5, 0.6) is 0 Å². The summed E-state index contributed by atoms with van der Waals surface area (Å²) in [5, 5.41) is 15.2. The van der Waals surface area contributed by atoms with E-state index in [-0.39, 0.29) is 24.4 Å². The summed E-state index contributed by atoms with van der Waals surface area (Å²) in [4.78, 5) is 33.3. The molecule has 8 rings (SSSR count). The maximum Gasteiger partial charge on any atom is 0.242 e. The summed E-state index contributed by atoms with van der Waals surface area (Å²) in [7, 11) is 1.92. The van der Waals surface area contributed by atoms with Gasteiger partial charge in [0.25, 0.3) is 0 Å². The predicted molar refractivity (Wildman–Crippen MR) is 195 cm³/mol. The number of fused-ring (bicyclic) bond motifs is 4. The summed E-state index contributed by atoms with van der Waals surface area (Å²) < 4.78 is 3.86. The Morgan fingerprint density at radius 3 is 2.34 bits per heavy atom. The van der Waals surface area contributed by atoms with Crippen molar-refractivity contribution in [2.45, 2.75) is 57.9 Å².